The largest absolute Gasteiger partial charge is 0.483 e. The number of aromatic nitrogens is 1. The third kappa shape index (κ3) is 4.03. The lowest BCUT2D eigenvalue weighted by Crippen LogP contribution is -2.21. The van der Waals surface area contributed by atoms with Gasteiger partial charge in [0.1, 0.15) is 11.6 Å². The van der Waals surface area contributed by atoms with Gasteiger partial charge in [0.2, 0.25) is 0 Å². The van der Waals surface area contributed by atoms with Gasteiger partial charge in [-0.15, -0.1) is 0 Å². The average Bonchev–Trinajstić information content (AvgIpc) is 2.47. The van der Waals surface area contributed by atoms with Crippen molar-refractivity contribution in [1.82, 2.24) is 4.98 Å². The number of aliphatic hydroxyl groups is 1. The Kier molecular flexibility index (Phi) is 4.90. The van der Waals surface area contributed by atoms with Crippen molar-refractivity contribution in [2.24, 2.45) is 0 Å². The Morgan fingerprint density at radius 1 is 1.29 bits per heavy atom. The average molecular weight is 286 g/mol. The van der Waals surface area contributed by atoms with Gasteiger partial charge in [-0.3, -0.25) is 4.79 Å². The number of hydrogen-bond acceptors (Lipinski definition) is 4. The fraction of sp³-hybridized carbons (Fsp3) is 0.250. The molecule has 0 unspecified atom stereocenters. The van der Waals surface area contributed by atoms with Gasteiger partial charge >= 0.3 is 0 Å². The molecule has 0 aliphatic heterocycles. The van der Waals surface area contributed by atoms with Gasteiger partial charge in [0.05, 0.1) is 6.61 Å². The highest BCUT2D eigenvalue weighted by molar-refractivity contribution is 5.91. The van der Waals surface area contributed by atoms with Crippen LogP contribution in [-0.2, 0) is 11.4 Å². The molecule has 0 bridgehead atoms. The van der Waals surface area contributed by atoms with E-state index in [0.29, 0.717) is 11.4 Å². The third-order valence-corrected chi connectivity index (χ3v) is 3.03. The van der Waals surface area contributed by atoms with Crippen LogP contribution in [0.15, 0.2) is 36.5 Å². The van der Waals surface area contributed by atoms with Crippen molar-refractivity contribution in [3.63, 3.8) is 0 Å². The summed E-state index contributed by atoms with van der Waals surface area (Å²) in [6, 6.07) is 9.13. The topological polar surface area (TPSA) is 71.5 Å². The van der Waals surface area contributed by atoms with Crippen LogP contribution >= 0.6 is 0 Å². The summed E-state index contributed by atoms with van der Waals surface area (Å²) in [5.41, 5.74) is 2.67. The van der Waals surface area contributed by atoms with Crippen LogP contribution in [0.25, 0.3) is 0 Å². The Bertz CT molecular complexity index is 621. The van der Waals surface area contributed by atoms with E-state index < -0.39 is 0 Å². The van der Waals surface area contributed by atoms with Crippen molar-refractivity contribution in [1.29, 1.82) is 0 Å². The van der Waals surface area contributed by atoms with Gasteiger partial charge in [-0.2, -0.15) is 0 Å². The lowest BCUT2D eigenvalue weighted by atomic mass is 10.1. The number of rotatable bonds is 5. The van der Waals surface area contributed by atoms with E-state index in [0.717, 1.165) is 16.9 Å². The first kappa shape index (κ1) is 15.0. The van der Waals surface area contributed by atoms with Gasteiger partial charge in [0, 0.05) is 6.20 Å². The molecular weight excluding hydrogens is 268 g/mol. The summed E-state index contributed by atoms with van der Waals surface area (Å²) in [6.07, 6.45) is 1.54. The van der Waals surface area contributed by atoms with E-state index in [4.69, 9.17) is 9.84 Å². The van der Waals surface area contributed by atoms with Gasteiger partial charge < -0.3 is 15.2 Å². The van der Waals surface area contributed by atoms with Crippen molar-refractivity contribution in [2.45, 2.75) is 20.5 Å². The van der Waals surface area contributed by atoms with E-state index in [-0.39, 0.29) is 19.1 Å². The van der Waals surface area contributed by atoms with Crippen LogP contribution < -0.4 is 10.1 Å². The second kappa shape index (κ2) is 6.85. The monoisotopic (exact) mass is 286 g/mol. The maximum Gasteiger partial charge on any atom is 0.263 e. The summed E-state index contributed by atoms with van der Waals surface area (Å²) in [5.74, 6) is 0.835. The van der Waals surface area contributed by atoms with E-state index >= 15 is 0 Å². The number of aryl methyl sites for hydroxylation is 2. The van der Waals surface area contributed by atoms with Crippen molar-refractivity contribution in [3.8, 4) is 5.75 Å². The first-order valence-electron chi connectivity index (χ1n) is 6.65. The summed E-state index contributed by atoms with van der Waals surface area (Å²) in [4.78, 5) is 15.9. The number of carbonyl (C=O) groups excluding carboxylic acids is 1. The molecule has 5 nitrogen and oxygen atoms in total. The van der Waals surface area contributed by atoms with Gasteiger partial charge in [-0.1, -0.05) is 18.2 Å². The highest BCUT2D eigenvalue weighted by Crippen LogP contribution is 2.22. The van der Waals surface area contributed by atoms with Crippen molar-refractivity contribution < 1.29 is 14.6 Å². The molecule has 1 amide bonds. The van der Waals surface area contributed by atoms with Crippen LogP contribution in [0.2, 0.25) is 0 Å². The molecule has 2 aromatic rings. The van der Waals surface area contributed by atoms with E-state index in [1.165, 1.54) is 6.20 Å². The number of aliphatic hydroxyl groups excluding tert-OH is 1. The predicted octanol–water partition coefficient (Wildman–Crippen LogP) is 2.21. The molecule has 1 heterocycles. The molecule has 0 radical (unpaired) electrons. The molecule has 2 N–H and O–H groups in total. The van der Waals surface area contributed by atoms with Gasteiger partial charge in [0.25, 0.3) is 5.91 Å². The molecule has 1 aromatic carbocycles. The summed E-state index contributed by atoms with van der Waals surface area (Å²) >= 11 is 0. The third-order valence-electron chi connectivity index (χ3n) is 3.03. The van der Waals surface area contributed by atoms with Crippen LogP contribution in [0.5, 0.6) is 5.75 Å². The molecule has 5 heteroatoms. The minimum Gasteiger partial charge on any atom is -0.483 e. The van der Waals surface area contributed by atoms with E-state index in [1.807, 2.05) is 32.0 Å². The van der Waals surface area contributed by atoms with Crippen LogP contribution in [-0.4, -0.2) is 22.6 Å². The standard InChI is InChI=1S/C16H18N2O3/c1-11-4-3-5-12(2)16(11)21-10-15(20)18-14-8-13(9-19)6-7-17-14/h3-8,19H,9-10H2,1-2H3,(H,17,18,20). The number of para-hydroxylation sites is 1. The van der Waals surface area contributed by atoms with Gasteiger partial charge in [0.15, 0.2) is 6.61 Å². The van der Waals surface area contributed by atoms with Crippen LogP contribution in [0.4, 0.5) is 5.82 Å². The first-order valence-corrected chi connectivity index (χ1v) is 6.65. The quantitative estimate of drug-likeness (QED) is 0.884. The zero-order valence-corrected chi connectivity index (χ0v) is 12.1. The number of hydrogen-bond donors (Lipinski definition) is 2. The molecule has 110 valence electrons. The van der Waals surface area contributed by atoms with Crippen LogP contribution in [0, 0.1) is 13.8 Å². The van der Waals surface area contributed by atoms with Crippen molar-refractivity contribution in [2.75, 3.05) is 11.9 Å². The molecule has 2 rings (SSSR count). The van der Waals surface area contributed by atoms with Gasteiger partial charge in [-0.25, -0.2) is 4.98 Å². The fourth-order valence-electron chi connectivity index (χ4n) is 1.98. The Hall–Kier alpha value is -2.40. The van der Waals surface area contributed by atoms with Crippen LogP contribution in [0.1, 0.15) is 16.7 Å². The molecule has 1 aromatic heterocycles. The smallest absolute Gasteiger partial charge is 0.263 e. The Balaban J connectivity index is 1.96. The number of benzene rings is 1. The number of pyridine rings is 1. The molecule has 0 spiro atoms. The summed E-state index contributed by atoms with van der Waals surface area (Å²) < 4.78 is 5.57. The number of nitrogens with zero attached hydrogens (tertiary/aromatic N) is 1. The lowest BCUT2D eigenvalue weighted by Gasteiger charge is -2.11. The molecule has 0 fully saturated rings. The van der Waals surface area contributed by atoms with E-state index in [1.54, 1.807) is 12.1 Å². The summed E-state index contributed by atoms with van der Waals surface area (Å²) in [7, 11) is 0. The minimum absolute atomic E-state index is 0.0866. The summed E-state index contributed by atoms with van der Waals surface area (Å²) in [6.45, 7) is 3.69. The lowest BCUT2D eigenvalue weighted by molar-refractivity contribution is -0.118. The first-order chi connectivity index (χ1) is 10.1. The van der Waals surface area contributed by atoms with Crippen LogP contribution in [0.3, 0.4) is 0 Å². The SMILES string of the molecule is Cc1cccc(C)c1OCC(=O)Nc1cc(CO)ccn1. The molecule has 0 atom stereocenters. The zero-order valence-electron chi connectivity index (χ0n) is 12.1. The Labute approximate surface area is 123 Å². The second-order valence-electron chi connectivity index (χ2n) is 4.77. The Morgan fingerprint density at radius 2 is 2.00 bits per heavy atom. The molecular formula is C16H18N2O3. The fourth-order valence-corrected chi connectivity index (χ4v) is 1.98. The Morgan fingerprint density at radius 3 is 2.67 bits per heavy atom. The van der Waals surface area contributed by atoms with Gasteiger partial charge in [-0.05, 0) is 42.7 Å². The highest BCUT2D eigenvalue weighted by Gasteiger charge is 2.08. The number of ether oxygens (including phenoxy) is 1. The maximum absolute atomic E-state index is 11.9. The van der Waals surface area contributed by atoms with E-state index in [9.17, 15) is 4.79 Å². The molecule has 0 aliphatic rings. The predicted molar refractivity (Wildman–Crippen MR) is 80.2 cm³/mol. The van der Waals surface area contributed by atoms with Crippen molar-refractivity contribution >= 4 is 11.7 Å². The van der Waals surface area contributed by atoms with Crippen molar-refractivity contribution in [3.05, 3.63) is 53.2 Å². The normalized spacial score (nSPS) is 10.2. The maximum atomic E-state index is 11.9. The molecule has 0 saturated heterocycles. The molecule has 21 heavy (non-hydrogen) atoms. The number of carbonyl (C=O) groups is 1. The summed E-state index contributed by atoms with van der Waals surface area (Å²) in [5, 5.41) is 11.7. The second-order valence-corrected chi connectivity index (χ2v) is 4.77. The highest BCUT2D eigenvalue weighted by atomic mass is 16.5. The zero-order chi connectivity index (χ0) is 15.2. The minimum atomic E-state index is -0.291. The number of amides is 1. The number of nitrogens with one attached hydrogen (secondary N) is 1. The molecule has 0 aliphatic carbocycles. The number of anilines is 1. The molecule has 0 saturated carbocycles. The van der Waals surface area contributed by atoms with E-state index in [2.05, 4.69) is 10.3 Å².